The molecule has 106 valence electrons. The maximum absolute atomic E-state index is 12.3. The largest absolute Gasteiger partial charge is 0.320 e. The van der Waals surface area contributed by atoms with Gasteiger partial charge < -0.3 is 5.73 Å². The maximum Gasteiger partial charge on any atom is 0.271 e. The first-order valence-electron chi connectivity index (χ1n) is 6.14. The summed E-state index contributed by atoms with van der Waals surface area (Å²) in [7, 11) is -3.23. The zero-order chi connectivity index (χ0) is 14.6. The highest BCUT2D eigenvalue weighted by molar-refractivity contribution is 7.91. The molecule has 0 spiro atoms. The van der Waals surface area contributed by atoms with E-state index in [1.54, 1.807) is 31.2 Å². The summed E-state index contributed by atoms with van der Waals surface area (Å²) in [4.78, 5) is 12.2. The molecule has 1 unspecified atom stereocenters. The van der Waals surface area contributed by atoms with Gasteiger partial charge in [-0.25, -0.2) is 9.35 Å². The second-order valence-corrected chi connectivity index (χ2v) is 6.76. The molecule has 4 N–H and O–H groups in total. The zero-order valence-electron chi connectivity index (χ0n) is 11.5. The summed E-state index contributed by atoms with van der Waals surface area (Å²) in [6.07, 6.45) is 0.492. The molecular weight excluding hydrogens is 262 g/mol. The van der Waals surface area contributed by atoms with Gasteiger partial charge in [0.05, 0.1) is 10.9 Å². The molecule has 0 aliphatic carbocycles. The van der Waals surface area contributed by atoms with Crippen LogP contribution in [0.15, 0.2) is 33.5 Å². The Labute approximate surface area is 114 Å². The van der Waals surface area contributed by atoms with Crippen molar-refractivity contribution >= 4 is 15.8 Å². The number of aryl methyl sites for hydroxylation is 1. The molecule has 5 nitrogen and oxygen atoms in total. The number of carbonyl (C=O) groups is 1. The van der Waals surface area contributed by atoms with E-state index in [-0.39, 0.29) is 5.92 Å². The van der Waals surface area contributed by atoms with E-state index in [0.717, 1.165) is 5.56 Å². The van der Waals surface area contributed by atoms with Crippen molar-refractivity contribution in [1.82, 2.24) is 0 Å². The lowest BCUT2D eigenvalue weighted by Crippen LogP contribution is -2.32. The van der Waals surface area contributed by atoms with Crippen molar-refractivity contribution in [2.75, 3.05) is 0 Å². The molecule has 0 aliphatic heterocycles. The van der Waals surface area contributed by atoms with E-state index in [4.69, 9.17) is 10.9 Å². The molecule has 2 atom stereocenters. The minimum atomic E-state index is -3.23. The van der Waals surface area contributed by atoms with Crippen molar-refractivity contribution in [3.05, 3.63) is 29.8 Å². The molecule has 1 aromatic carbocycles. The predicted octanol–water partition coefficient (Wildman–Crippen LogP) is 1.60. The highest BCUT2D eigenvalue weighted by Crippen LogP contribution is 2.15. The number of nitrogens with zero attached hydrogens (tertiary/aromatic N) is 1. The van der Waals surface area contributed by atoms with Crippen LogP contribution < -0.4 is 10.9 Å². The maximum atomic E-state index is 12.3. The van der Waals surface area contributed by atoms with Gasteiger partial charge in [-0.3, -0.25) is 4.79 Å². The van der Waals surface area contributed by atoms with Crippen molar-refractivity contribution in [3.63, 3.8) is 0 Å². The highest BCUT2D eigenvalue weighted by Gasteiger charge is 2.18. The minimum absolute atomic E-state index is 0.265. The lowest BCUT2D eigenvalue weighted by Gasteiger charge is -2.12. The Balaban J connectivity index is 3.07. The first-order chi connectivity index (χ1) is 8.74. The van der Waals surface area contributed by atoms with E-state index in [1.165, 1.54) is 0 Å². The number of amides is 1. The smallest absolute Gasteiger partial charge is 0.271 e. The minimum Gasteiger partial charge on any atom is -0.320 e. The first kappa shape index (κ1) is 15.8. The molecule has 0 radical (unpaired) electrons. The lowest BCUT2D eigenvalue weighted by atomic mass is 10.0. The van der Waals surface area contributed by atoms with Crippen LogP contribution in [0.3, 0.4) is 0 Å². The van der Waals surface area contributed by atoms with Crippen LogP contribution in [0, 0.1) is 12.8 Å². The molecule has 6 heteroatoms. The fraction of sp³-hybridized carbons (Fsp3) is 0.462. The van der Waals surface area contributed by atoms with Gasteiger partial charge in [-0.15, -0.1) is 4.36 Å². The molecule has 1 rings (SSSR count). The fourth-order valence-electron chi connectivity index (χ4n) is 1.74. The normalized spacial score (nSPS) is 15.9. The molecular formula is C13H21N3O2S. The van der Waals surface area contributed by atoms with Crippen LogP contribution in [0.1, 0.15) is 25.8 Å². The lowest BCUT2D eigenvalue weighted by molar-refractivity contribution is -0.119. The summed E-state index contributed by atoms with van der Waals surface area (Å²) in [6, 6.07) is 6.15. The van der Waals surface area contributed by atoms with E-state index < -0.39 is 21.9 Å². The van der Waals surface area contributed by atoms with Crippen molar-refractivity contribution in [1.29, 1.82) is 0 Å². The quantitative estimate of drug-likeness (QED) is 0.877. The van der Waals surface area contributed by atoms with Crippen LogP contribution in [0.4, 0.5) is 0 Å². The topological polar surface area (TPSA) is 98.5 Å². The van der Waals surface area contributed by atoms with Gasteiger partial charge in [0, 0.05) is 0 Å². The molecule has 0 saturated heterocycles. The summed E-state index contributed by atoms with van der Waals surface area (Å²) >= 11 is 0. The standard InChI is InChI=1S/C13H21N3O2S/c1-9(2)8-11(14)13(17)16-19(15,18)12-7-5-4-6-10(12)3/h4-7,9,11H,8,14H2,1-3H3,(H2,15,16,17,18)/t11-,19?/m0/s1. The Morgan fingerprint density at radius 3 is 2.47 bits per heavy atom. The van der Waals surface area contributed by atoms with Gasteiger partial charge >= 0.3 is 0 Å². The predicted molar refractivity (Wildman–Crippen MR) is 76.6 cm³/mol. The Bertz CT molecular complexity index is 575. The third-order valence-electron chi connectivity index (χ3n) is 2.68. The Hall–Kier alpha value is -1.24. The van der Waals surface area contributed by atoms with Gasteiger partial charge in [-0.05, 0) is 30.9 Å². The SMILES string of the molecule is Cc1ccccc1S(N)(=O)=NC(=O)[C@@H](N)CC(C)C. The van der Waals surface area contributed by atoms with Crippen molar-refractivity contribution < 1.29 is 9.00 Å². The summed E-state index contributed by atoms with van der Waals surface area (Å²) in [5.41, 5.74) is 6.46. The number of hydrogen-bond acceptors (Lipinski definition) is 3. The van der Waals surface area contributed by atoms with Crippen LogP contribution in [0.2, 0.25) is 0 Å². The van der Waals surface area contributed by atoms with E-state index >= 15 is 0 Å². The number of benzene rings is 1. The van der Waals surface area contributed by atoms with Gasteiger partial charge in [-0.2, -0.15) is 0 Å². The van der Waals surface area contributed by atoms with Crippen LogP contribution in [-0.2, 0) is 14.7 Å². The van der Waals surface area contributed by atoms with Crippen LogP contribution in [-0.4, -0.2) is 16.2 Å². The Morgan fingerprint density at radius 1 is 1.37 bits per heavy atom. The molecule has 0 heterocycles. The molecule has 0 aliphatic rings. The molecule has 1 amide bonds. The highest BCUT2D eigenvalue weighted by atomic mass is 32.2. The second kappa shape index (κ2) is 6.27. The summed E-state index contributed by atoms with van der Waals surface area (Å²) < 4.78 is 16.0. The number of rotatable bonds is 4. The van der Waals surface area contributed by atoms with Gasteiger partial charge in [-0.1, -0.05) is 32.0 Å². The Morgan fingerprint density at radius 2 is 1.95 bits per heavy atom. The first-order valence-corrected chi connectivity index (χ1v) is 7.72. The summed E-state index contributed by atoms with van der Waals surface area (Å²) in [5.74, 6) is -0.342. The number of nitrogens with two attached hydrogens (primary N) is 2. The second-order valence-electron chi connectivity index (χ2n) is 5.00. The summed E-state index contributed by atoms with van der Waals surface area (Å²) in [6.45, 7) is 5.68. The van der Waals surface area contributed by atoms with Crippen LogP contribution in [0.5, 0.6) is 0 Å². The zero-order valence-corrected chi connectivity index (χ0v) is 12.3. The van der Waals surface area contributed by atoms with E-state index in [0.29, 0.717) is 11.3 Å². The third-order valence-corrected chi connectivity index (χ3v) is 4.22. The summed E-state index contributed by atoms with van der Waals surface area (Å²) in [5, 5.41) is 5.69. The van der Waals surface area contributed by atoms with Gasteiger partial charge in [0.1, 0.15) is 9.92 Å². The average molecular weight is 283 g/mol. The van der Waals surface area contributed by atoms with Gasteiger partial charge in [0.2, 0.25) is 0 Å². The molecule has 0 fully saturated rings. The molecule has 1 aromatic rings. The molecule has 0 bridgehead atoms. The molecule has 19 heavy (non-hydrogen) atoms. The Kier molecular flexibility index (Phi) is 5.22. The van der Waals surface area contributed by atoms with Crippen LogP contribution in [0.25, 0.3) is 0 Å². The monoisotopic (exact) mass is 283 g/mol. The van der Waals surface area contributed by atoms with Crippen molar-refractivity contribution in [3.8, 4) is 0 Å². The van der Waals surface area contributed by atoms with E-state index in [9.17, 15) is 9.00 Å². The molecule has 0 aromatic heterocycles. The molecule has 0 saturated carbocycles. The van der Waals surface area contributed by atoms with Gasteiger partial charge in [0.15, 0.2) is 0 Å². The number of hydrogen-bond donors (Lipinski definition) is 2. The van der Waals surface area contributed by atoms with Crippen molar-refractivity contribution in [2.24, 2.45) is 21.2 Å². The van der Waals surface area contributed by atoms with E-state index in [2.05, 4.69) is 4.36 Å². The van der Waals surface area contributed by atoms with Crippen LogP contribution >= 0.6 is 0 Å². The van der Waals surface area contributed by atoms with Gasteiger partial charge in [0.25, 0.3) is 5.91 Å². The van der Waals surface area contributed by atoms with Crippen molar-refractivity contribution in [2.45, 2.75) is 38.1 Å². The third kappa shape index (κ3) is 4.41. The van der Waals surface area contributed by atoms with E-state index in [1.807, 2.05) is 13.8 Å². The fourth-order valence-corrected chi connectivity index (χ4v) is 3.05. The number of carbonyl (C=O) groups excluding carboxylic acids is 1. The average Bonchev–Trinajstić information content (AvgIpc) is 2.27.